The van der Waals surface area contributed by atoms with Crippen molar-refractivity contribution in [1.82, 2.24) is 4.57 Å². The Kier molecular flexibility index (Phi) is 4.55. The van der Waals surface area contributed by atoms with Crippen molar-refractivity contribution in [2.24, 2.45) is 7.05 Å². The van der Waals surface area contributed by atoms with Gasteiger partial charge in [-0.15, -0.1) is 0 Å². The summed E-state index contributed by atoms with van der Waals surface area (Å²) in [5.41, 5.74) is 4.30. The molecule has 0 unspecified atom stereocenters. The Bertz CT molecular complexity index is 1010. The van der Waals surface area contributed by atoms with Gasteiger partial charge in [-0.1, -0.05) is 30.3 Å². The lowest BCUT2D eigenvalue weighted by molar-refractivity contribution is 0.414. The first-order valence-electron chi connectivity index (χ1n) is 7.89. The first kappa shape index (κ1) is 16.4. The highest BCUT2D eigenvalue weighted by atomic mass is 16.5. The number of hydrogen-bond acceptors (Lipinski definition) is 3. The molecule has 2 aromatic carbocycles. The van der Waals surface area contributed by atoms with Crippen molar-refractivity contribution in [1.29, 1.82) is 10.5 Å². The van der Waals surface area contributed by atoms with E-state index in [1.807, 2.05) is 67.7 Å². The van der Waals surface area contributed by atoms with Crippen LogP contribution in [0.15, 0.2) is 54.1 Å². The molecule has 122 valence electrons. The summed E-state index contributed by atoms with van der Waals surface area (Å²) in [5.74, 6) is 0.817. The number of allylic oxidation sites excluding steroid dienone is 1. The monoisotopic (exact) mass is 327 g/mol. The molecule has 0 atom stereocenters. The quantitative estimate of drug-likeness (QED) is 0.674. The minimum absolute atomic E-state index is 0.104. The summed E-state index contributed by atoms with van der Waals surface area (Å²) in [6.07, 6.45) is 2.38. The molecule has 1 heterocycles. The van der Waals surface area contributed by atoms with Gasteiger partial charge in [-0.05, 0) is 29.8 Å². The highest BCUT2D eigenvalue weighted by Gasteiger charge is 2.14. The number of nitrogens with zero attached hydrogens (tertiary/aromatic N) is 3. The van der Waals surface area contributed by atoms with Gasteiger partial charge in [-0.25, -0.2) is 0 Å². The van der Waals surface area contributed by atoms with Crippen molar-refractivity contribution in [2.75, 3.05) is 7.11 Å². The van der Waals surface area contributed by atoms with Crippen molar-refractivity contribution in [3.8, 4) is 17.9 Å². The van der Waals surface area contributed by atoms with E-state index in [1.165, 1.54) is 0 Å². The van der Waals surface area contributed by atoms with Crippen LogP contribution in [0.2, 0.25) is 0 Å². The molecular formula is C21H17N3O. The van der Waals surface area contributed by atoms with Crippen LogP contribution < -0.4 is 4.74 Å². The Hall–Kier alpha value is -3.50. The average molecular weight is 327 g/mol. The number of aromatic nitrogens is 1. The first-order chi connectivity index (χ1) is 12.2. The van der Waals surface area contributed by atoms with Gasteiger partial charge in [0.1, 0.15) is 23.5 Å². The van der Waals surface area contributed by atoms with Crippen LogP contribution in [0.1, 0.15) is 16.8 Å². The second kappa shape index (κ2) is 6.95. The Morgan fingerprint density at radius 1 is 1.08 bits per heavy atom. The fraction of sp³-hybridized carbons (Fsp3) is 0.143. The summed E-state index contributed by atoms with van der Waals surface area (Å²) in [7, 11) is 3.66. The van der Waals surface area contributed by atoms with E-state index in [0.29, 0.717) is 6.42 Å². The molecule has 0 aliphatic heterocycles. The minimum Gasteiger partial charge on any atom is -0.497 e. The second-order valence-corrected chi connectivity index (χ2v) is 5.74. The number of benzene rings is 2. The van der Waals surface area contributed by atoms with Gasteiger partial charge in [-0.3, -0.25) is 0 Å². The van der Waals surface area contributed by atoms with E-state index >= 15 is 0 Å². The van der Waals surface area contributed by atoms with Crippen LogP contribution in [0.5, 0.6) is 5.75 Å². The standard InChI is InChI=1S/C21H17N3O/c1-24-20-6-4-3-5-18(20)19(11-16(13-22)14-23)21(24)12-15-7-9-17(25-2)10-8-15/h3-11H,12H2,1-2H3. The lowest BCUT2D eigenvalue weighted by atomic mass is 10.0. The van der Waals surface area contributed by atoms with Crippen molar-refractivity contribution in [3.63, 3.8) is 0 Å². The number of nitriles is 2. The lowest BCUT2D eigenvalue weighted by Crippen LogP contribution is -1.99. The van der Waals surface area contributed by atoms with Crippen LogP contribution >= 0.6 is 0 Å². The topological polar surface area (TPSA) is 61.7 Å². The number of ether oxygens (including phenoxy) is 1. The van der Waals surface area contributed by atoms with Crippen LogP contribution in [-0.4, -0.2) is 11.7 Å². The van der Waals surface area contributed by atoms with Gasteiger partial charge in [0.25, 0.3) is 0 Å². The van der Waals surface area contributed by atoms with Crippen molar-refractivity contribution < 1.29 is 4.74 Å². The van der Waals surface area contributed by atoms with Crippen LogP contribution in [0.3, 0.4) is 0 Å². The van der Waals surface area contributed by atoms with E-state index in [-0.39, 0.29) is 5.57 Å². The molecule has 0 saturated heterocycles. The molecule has 3 rings (SSSR count). The number of aryl methyl sites for hydroxylation is 1. The average Bonchev–Trinajstić information content (AvgIpc) is 2.92. The maximum atomic E-state index is 9.14. The Morgan fingerprint density at radius 2 is 1.76 bits per heavy atom. The summed E-state index contributed by atoms with van der Waals surface area (Å²) in [6, 6.07) is 19.9. The Labute approximate surface area is 146 Å². The molecule has 4 heteroatoms. The molecule has 1 aromatic heterocycles. The van der Waals surface area contributed by atoms with E-state index < -0.39 is 0 Å². The minimum atomic E-state index is 0.104. The van der Waals surface area contributed by atoms with Gasteiger partial charge in [0.15, 0.2) is 0 Å². The number of rotatable bonds is 4. The van der Waals surface area contributed by atoms with Crippen LogP contribution in [-0.2, 0) is 13.5 Å². The third-order valence-electron chi connectivity index (χ3n) is 4.33. The number of methoxy groups -OCH3 is 1. The maximum Gasteiger partial charge on any atom is 0.130 e. The summed E-state index contributed by atoms with van der Waals surface area (Å²) in [6.45, 7) is 0. The SMILES string of the molecule is COc1ccc(Cc2c(C=C(C#N)C#N)c3ccccc3n2C)cc1. The summed E-state index contributed by atoms with van der Waals surface area (Å²) >= 11 is 0. The second-order valence-electron chi connectivity index (χ2n) is 5.74. The predicted molar refractivity (Wildman–Crippen MR) is 97.9 cm³/mol. The van der Waals surface area contributed by atoms with Crippen LogP contribution in [0.4, 0.5) is 0 Å². The Balaban J connectivity index is 2.16. The van der Waals surface area contributed by atoms with Crippen molar-refractivity contribution in [2.45, 2.75) is 6.42 Å². The Morgan fingerprint density at radius 3 is 2.40 bits per heavy atom. The van der Waals surface area contributed by atoms with E-state index in [4.69, 9.17) is 15.3 Å². The molecular weight excluding hydrogens is 310 g/mol. The number of hydrogen-bond donors (Lipinski definition) is 0. The largest absolute Gasteiger partial charge is 0.497 e. The van der Waals surface area contributed by atoms with Crippen LogP contribution in [0.25, 0.3) is 17.0 Å². The van der Waals surface area contributed by atoms with Gasteiger partial charge >= 0.3 is 0 Å². The van der Waals surface area contributed by atoms with Gasteiger partial charge in [-0.2, -0.15) is 10.5 Å². The summed E-state index contributed by atoms with van der Waals surface area (Å²) in [5, 5.41) is 19.3. The molecule has 0 aliphatic rings. The highest BCUT2D eigenvalue weighted by molar-refractivity contribution is 5.92. The summed E-state index contributed by atoms with van der Waals surface area (Å²) in [4.78, 5) is 0. The van der Waals surface area contributed by atoms with Crippen LogP contribution in [0, 0.1) is 22.7 Å². The molecule has 0 amide bonds. The smallest absolute Gasteiger partial charge is 0.130 e. The zero-order valence-corrected chi connectivity index (χ0v) is 14.2. The first-order valence-corrected chi connectivity index (χ1v) is 7.89. The van der Waals surface area contributed by atoms with E-state index in [0.717, 1.165) is 33.5 Å². The third-order valence-corrected chi connectivity index (χ3v) is 4.33. The molecule has 0 N–H and O–H groups in total. The van der Waals surface area contributed by atoms with Crippen molar-refractivity contribution >= 4 is 17.0 Å². The zero-order valence-electron chi connectivity index (χ0n) is 14.2. The molecule has 0 fully saturated rings. The normalized spacial score (nSPS) is 10.1. The van der Waals surface area contributed by atoms with Crippen molar-refractivity contribution in [3.05, 3.63) is 70.9 Å². The van der Waals surface area contributed by atoms with Gasteiger partial charge in [0, 0.05) is 35.6 Å². The number of fused-ring (bicyclic) bond motifs is 1. The van der Waals surface area contributed by atoms with E-state index in [9.17, 15) is 0 Å². The zero-order chi connectivity index (χ0) is 17.8. The molecule has 0 bridgehead atoms. The molecule has 0 radical (unpaired) electrons. The maximum absolute atomic E-state index is 9.14. The van der Waals surface area contributed by atoms with Gasteiger partial charge in [0.2, 0.25) is 0 Å². The predicted octanol–water partition coefficient (Wildman–Crippen LogP) is 4.21. The third kappa shape index (κ3) is 3.11. The fourth-order valence-electron chi connectivity index (χ4n) is 3.02. The summed E-state index contributed by atoms with van der Waals surface area (Å²) < 4.78 is 7.33. The molecule has 0 spiro atoms. The lowest BCUT2D eigenvalue weighted by Gasteiger charge is -2.07. The molecule has 25 heavy (non-hydrogen) atoms. The van der Waals surface area contributed by atoms with Gasteiger partial charge < -0.3 is 9.30 Å². The van der Waals surface area contributed by atoms with E-state index in [2.05, 4.69) is 4.57 Å². The molecule has 3 aromatic rings. The molecule has 4 nitrogen and oxygen atoms in total. The fourth-order valence-corrected chi connectivity index (χ4v) is 3.02. The van der Waals surface area contributed by atoms with Gasteiger partial charge in [0.05, 0.1) is 7.11 Å². The number of para-hydroxylation sites is 1. The van der Waals surface area contributed by atoms with E-state index in [1.54, 1.807) is 13.2 Å². The molecule has 0 aliphatic carbocycles. The highest BCUT2D eigenvalue weighted by Crippen LogP contribution is 2.29. The molecule has 0 saturated carbocycles.